The van der Waals surface area contributed by atoms with Crippen LogP contribution in [0.25, 0.3) is 0 Å². The zero-order chi connectivity index (χ0) is 15.7. The number of rotatable bonds is 3. The van der Waals surface area contributed by atoms with Gasteiger partial charge in [-0.1, -0.05) is 18.2 Å². The Balaban J connectivity index is 1.84. The number of hydrogen-bond acceptors (Lipinski definition) is 4. The van der Waals surface area contributed by atoms with Crippen LogP contribution in [0, 0.1) is 12.7 Å². The predicted molar refractivity (Wildman–Crippen MR) is 80.7 cm³/mol. The number of fused-ring (bicyclic) bond motifs is 1. The Hall–Kier alpha value is -2.05. The SMILES string of the molecule is Cc1cc(F)c(C(=O)Cc2ccc3c(c2)B(O)OCC3)cn1. The molecule has 22 heavy (non-hydrogen) atoms. The summed E-state index contributed by atoms with van der Waals surface area (Å²) in [5, 5.41) is 9.83. The minimum absolute atomic E-state index is 0.0138. The van der Waals surface area contributed by atoms with Crippen LogP contribution in [-0.2, 0) is 17.5 Å². The number of benzene rings is 1. The first-order chi connectivity index (χ1) is 10.5. The number of nitrogens with zero attached hydrogens (tertiary/aromatic N) is 1. The Labute approximate surface area is 128 Å². The molecule has 0 bridgehead atoms. The topological polar surface area (TPSA) is 59.4 Å². The molecule has 1 aromatic carbocycles. The summed E-state index contributed by atoms with van der Waals surface area (Å²) in [5.41, 5.74) is 2.92. The maximum Gasteiger partial charge on any atom is 0.491 e. The minimum atomic E-state index is -0.962. The number of carbonyl (C=O) groups excluding carboxylic acids is 1. The van der Waals surface area contributed by atoms with Crippen molar-refractivity contribution in [3.05, 3.63) is 58.7 Å². The van der Waals surface area contributed by atoms with Gasteiger partial charge in [-0.05, 0) is 36.0 Å². The number of carbonyl (C=O) groups is 1. The van der Waals surface area contributed by atoms with E-state index in [1.54, 1.807) is 13.0 Å². The third-order valence-corrected chi connectivity index (χ3v) is 3.78. The van der Waals surface area contributed by atoms with E-state index in [1.807, 2.05) is 12.1 Å². The average Bonchev–Trinajstić information content (AvgIpc) is 2.48. The van der Waals surface area contributed by atoms with Crippen LogP contribution in [0.4, 0.5) is 4.39 Å². The lowest BCUT2D eigenvalue weighted by atomic mass is 9.73. The Kier molecular flexibility index (Phi) is 4.05. The minimum Gasteiger partial charge on any atom is -0.423 e. The van der Waals surface area contributed by atoms with Crippen molar-refractivity contribution in [3.8, 4) is 0 Å². The van der Waals surface area contributed by atoms with Crippen LogP contribution in [-0.4, -0.2) is 29.5 Å². The number of ketones is 1. The molecule has 1 aliphatic heterocycles. The lowest BCUT2D eigenvalue weighted by Gasteiger charge is -2.19. The molecule has 3 rings (SSSR count). The average molecular weight is 299 g/mol. The van der Waals surface area contributed by atoms with Crippen molar-refractivity contribution in [1.29, 1.82) is 0 Å². The van der Waals surface area contributed by atoms with Crippen LogP contribution in [0.3, 0.4) is 0 Å². The highest BCUT2D eigenvalue weighted by molar-refractivity contribution is 6.60. The fourth-order valence-corrected chi connectivity index (χ4v) is 2.59. The van der Waals surface area contributed by atoms with Gasteiger partial charge in [-0.2, -0.15) is 0 Å². The number of aryl methyl sites for hydroxylation is 1. The van der Waals surface area contributed by atoms with Gasteiger partial charge < -0.3 is 9.68 Å². The smallest absolute Gasteiger partial charge is 0.423 e. The number of halogens is 1. The van der Waals surface area contributed by atoms with E-state index in [0.29, 0.717) is 23.3 Å². The first-order valence-corrected chi connectivity index (χ1v) is 7.11. The normalized spacial score (nSPS) is 13.9. The number of hydrogen-bond donors (Lipinski definition) is 1. The van der Waals surface area contributed by atoms with Gasteiger partial charge in [0.2, 0.25) is 0 Å². The molecule has 0 amide bonds. The number of aromatic nitrogens is 1. The molecule has 0 spiro atoms. The second kappa shape index (κ2) is 5.98. The quantitative estimate of drug-likeness (QED) is 0.684. The van der Waals surface area contributed by atoms with Crippen LogP contribution < -0.4 is 5.46 Å². The summed E-state index contributed by atoms with van der Waals surface area (Å²) in [5.74, 6) is -0.894. The van der Waals surface area contributed by atoms with Gasteiger partial charge in [0.1, 0.15) is 5.82 Å². The highest BCUT2D eigenvalue weighted by Crippen LogP contribution is 2.14. The second-order valence-electron chi connectivity index (χ2n) is 5.41. The van der Waals surface area contributed by atoms with E-state index in [2.05, 4.69) is 4.98 Å². The van der Waals surface area contributed by atoms with Crippen molar-refractivity contribution in [2.75, 3.05) is 6.61 Å². The molecular weight excluding hydrogens is 284 g/mol. The summed E-state index contributed by atoms with van der Waals surface area (Å²) < 4.78 is 19.0. The molecule has 0 fully saturated rings. The summed E-state index contributed by atoms with van der Waals surface area (Å²) in [4.78, 5) is 16.2. The van der Waals surface area contributed by atoms with Crippen LogP contribution in [0.15, 0.2) is 30.5 Å². The summed E-state index contributed by atoms with van der Waals surface area (Å²) in [6.07, 6.45) is 2.06. The van der Waals surface area contributed by atoms with Crippen molar-refractivity contribution >= 4 is 18.4 Å². The molecule has 0 aliphatic carbocycles. The molecule has 1 aliphatic rings. The Morgan fingerprint density at radius 1 is 1.45 bits per heavy atom. The van der Waals surface area contributed by atoms with E-state index < -0.39 is 12.9 Å². The van der Waals surface area contributed by atoms with Crippen molar-refractivity contribution in [2.45, 2.75) is 19.8 Å². The van der Waals surface area contributed by atoms with Gasteiger partial charge >= 0.3 is 7.12 Å². The molecule has 2 aromatic rings. The van der Waals surface area contributed by atoms with Crippen molar-refractivity contribution < 1.29 is 18.9 Å². The van der Waals surface area contributed by atoms with E-state index in [4.69, 9.17) is 4.65 Å². The summed E-state index contributed by atoms with van der Waals surface area (Å²) in [7, 11) is -0.962. The Morgan fingerprint density at radius 2 is 2.27 bits per heavy atom. The maximum atomic E-state index is 13.8. The first kappa shape index (κ1) is 14.9. The van der Waals surface area contributed by atoms with Gasteiger partial charge in [0.25, 0.3) is 0 Å². The molecule has 0 radical (unpaired) electrons. The Morgan fingerprint density at radius 3 is 3.05 bits per heavy atom. The van der Waals surface area contributed by atoms with Crippen LogP contribution >= 0.6 is 0 Å². The molecule has 1 aromatic heterocycles. The third kappa shape index (κ3) is 2.93. The fourth-order valence-electron chi connectivity index (χ4n) is 2.59. The monoisotopic (exact) mass is 299 g/mol. The molecule has 0 saturated heterocycles. The van der Waals surface area contributed by atoms with E-state index in [-0.39, 0.29) is 17.8 Å². The van der Waals surface area contributed by atoms with Gasteiger partial charge in [-0.15, -0.1) is 0 Å². The first-order valence-electron chi connectivity index (χ1n) is 7.11. The number of Topliss-reactive ketones (excluding diaryl/α,β-unsaturated/α-hetero) is 1. The lowest BCUT2D eigenvalue weighted by molar-refractivity contribution is 0.0988. The standard InChI is InChI=1S/C16H15BFNO3/c1-10-6-15(18)13(9-19-10)16(20)8-11-2-3-12-4-5-22-17(21)14(12)7-11/h2-3,6-7,9,21H,4-5,8H2,1H3. The predicted octanol–water partition coefficient (Wildman–Crippen LogP) is 1.21. The highest BCUT2D eigenvalue weighted by Gasteiger charge is 2.25. The molecular formula is C16H15BFNO3. The van der Waals surface area contributed by atoms with E-state index >= 15 is 0 Å². The second-order valence-corrected chi connectivity index (χ2v) is 5.41. The zero-order valence-corrected chi connectivity index (χ0v) is 12.2. The fraction of sp³-hybridized carbons (Fsp3) is 0.250. The van der Waals surface area contributed by atoms with Crippen LogP contribution in [0.1, 0.15) is 27.2 Å². The molecule has 0 unspecified atom stereocenters. The molecule has 4 nitrogen and oxygen atoms in total. The molecule has 0 saturated carbocycles. The van der Waals surface area contributed by atoms with E-state index in [1.165, 1.54) is 12.3 Å². The largest absolute Gasteiger partial charge is 0.491 e. The van der Waals surface area contributed by atoms with Gasteiger partial charge in [-0.25, -0.2) is 4.39 Å². The van der Waals surface area contributed by atoms with Gasteiger partial charge in [0, 0.05) is 24.9 Å². The van der Waals surface area contributed by atoms with Crippen LogP contribution in [0.5, 0.6) is 0 Å². The lowest BCUT2D eigenvalue weighted by Crippen LogP contribution is -2.41. The molecule has 0 atom stereocenters. The van der Waals surface area contributed by atoms with Gasteiger partial charge in [-0.3, -0.25) is 9.78 Å². The van der Waals surface area contributed by atoms with E-state index in [0.717, 1.165) is 12.0 Å². The number of pyridine rings is 1. The van der Waals surface area contributed by atoms with E-state index in [9.17, 15) is 14.2 Å². The highest BCUT2D eigenvalue weighted by atomic mass is 19.1. The van der Waals surface area contributed by atoms with Crippen molar-refractivity contribution in [1.82, 2.24) is 4.98 Å². The molecule has 112 valence electrons. The summed E-state index contributed by atoms with van der Waals surface area (Å²) in [6, 6.07) is 6.70. The summed E-state index contributed by atoms with van der Waals surface area (Å²) in [6.45, 7) is 2.15. The summed E-state index contributed by atoms with van der Waals surface area (Å²) >= 11 is 0. The zero-order valence-electron chi connectivity index (χ0n) is 12.2. The molecule has 6 heteroatoms. The van der Waals surface area contributed by atoms with Gasteiger partial charge in [0.05, 0.1) is 5.56 Å². The molecule has 1 N–H and O–H groups in total. The third-order valence-electron chi connectivity index (χ3n) is 3.78. The van der Waals surface area contributed by atoms with Gasteiger partial charge in [0.15, 0.2) is 5.78 Å². The van der Waals surface area contributed by atoms with Crippen molar-refractivity contribution in [2.24, 2.45) is 0 Å². The van der Waals surface area contributed by atoms with Crippen LogP contribution in [0.2, 0.25) is 0 Å². The van der Waals surface area contributed by atoms with Crippen molar-refractivity contribution in [3.63, 3.8) is 0 Å². The Bertz CT molecular complexity index is 735. The molecule has 2 heterocycles. The maximum absolute atomic E-state index is 13.8.